The minimum Gasteiger partial charge on any atom is -0.456 e. The smallest absolute Gasteiger partial charge is 0.227 e. The average molecular weight is 806 g/mol. The van der Waals surface area contributed by atoms with E-state index in [1.165, 1.54) is 33.4 Å². The molecular weight excluding hydrogens is 771 g/mol. The molecule has 63 heavy (non-hydrogen) atoms. The molecule has 3 aromatic heterocycles. The van der Waals surface area contributed by atoms with Crippen LogP contribution >= 0.6 is 0 Å². The summed E-state index contributed by atoms with van der Waals surface area (Å²) in [5.41, 5.74) is 15.4. The van der Waals surface area contributed by atoms with Crippen molar-refractivity contribution in [3.05, 3.63) is 235 Å². The maximum Gasteiger partial charge on any atom is 0.227 e. The van der Waals surface area contributed by atoms with Crippen molar-refractivity contribution in [3.8, 4) is 56.5 Å². The molecule has 5 heteroatoms. The van der Waals surface area contributed by atoms with Crippen LogP contribution < -0.4 is 0 Å². The number of aromatic nitrogens is 3. The Bertz CT molecular complexity index is 3690. The van der Waals surface area contributed by atoms with E-state index in [2.05, 4.69) is 164 Å². The fraction of sp³-hybridized carbons (Fsp3) is 0.0172. The van der Waals surface area contributed by atoms with Gasteiger partial charge in [0.1, 0.15) is 16.7 Å². The zero-order valence-electron chi connectivity index (χ0n) is 33.9. The highest BCUT2D eigenvalue weighted by Gasteiger charge is 2.46. The van der Waals surface area contributed by atoms with Crippen molar-refractivity contribution in [2.24, 2.45) is 0 Å². The molecule has 12 aromatic rings. The lowest BCUT2D eigenvalue weighted by Gasteiger charge is -2.33. The van der Waals surface area contributed by atoms with Gasteiger partial charge in [-0.3, -0.25) is 0 Å². The summed E-state index contributed by atoms with van der Waals surface area (Å²) in [6.45, 7) is 0. The van der Waals surface area contributed by atoms with Crippen molar-refractivity contribution in [1.82, 2.24) is 15.0 Å². The maximum atomic E-state index is 6.56. The van der Waals surface area contributed by atoms with E-state index < -0.39 is 5.41 Å². The van der Waals surface area contributed by atoms with Gasteiger partial charge in [0.25, 0.3) is 0 Å². The van der Waals surface area contributed by atoms with Crippen molar-refractivity contribution in [2.45, 2.75) is 5.41 Å². The van der Waals surface area contributed by atoms with E-state index in [4.69, 9.17) is 23.8 Å². The lowest BCUT2D eigenvalue weighted by Crippen LogP contribution is -2.28. The second kappa shape index (κ2) is 13.8. The van der Waals surface area contributed by atoms with Crippen LogP contribution in [0.3, 0.4) is 0 Å². The molecule has 0 fully saturated rings. The van der Waals surface area contributed by atoms with Crippen molar-refractivity contribution in [2.75, 3.05) is 0 Å². The molecule has 0 atom stereocenters. The number of furan rings is 1. The van der Waals surface area contributed by atoms with Gasteiger partial charge in [-0.25, -0.2) is 15.0 Å². The van der Waals surface area contributed by atoms with Crippen molar-refractivity contribution < 1.29 is 8.83 Å². The monoisotopic (exact) mass is 805 g/mol. The van der Waals surface area contributed by atoms with Crippen LogP contribution in [-0.4, -0.2) is 15.0 Å². The van der Waals surface area contributed by atoms with Crippen molar-refractivity contribution in [1.29, 1.82) is 0 Å². The fourth-order valence-electron chi connectivity index (χ4n) is 10.2. The molecule has 0 N–H and O–H groups in total. The van der Waals surface area contributed by atoms with Crippen LogP contribution in [0.5, 0.6) is 0 Å². The predicted octanol–water partition coefficient (Wildman–Crippen LogP) is 14.7. The van der Waals surface area contributed by atoms with Gasteiger partial charge in [-0.1, -0.05) is 170 Å². The Morgan fingerprint density at radius 1 is 0.381 bits per heavy atom. The van der Waals surface area contributed by atoms with Gasteiger partial charge in [0.05, 0.1) is 22.2 Å². The lowest BCUT2D eigenvalue weighted by molar-refractivity contribution is 0.622. The number of hydrogen-bond donors (Lipinski definition) is 0. The molecule has 9 aromatic carbocycles. The van der Waals surface area contributed by atoms with E-state index in [0.29, 0.717) is 17.3 Å². The van der Waals surface area contributed by atoms with Crippen LogP contribution in [0.1, 0.15) is 22.3 Å². The highest BCUT2D eigenvalue weighted by Crippen LogP contribution is 2.58. The fourth-order valence-corrected chi connectivity index (χ4v) is 10.2. The minimum absolute atomic E-state index is 0.534. The summed E-state index contributed by atoms with van der Waals surface area (Å²) in [5, 5.41) is 3.91. The van der Waals surface area contributed by atoms with Gasteiger partial charge < -0.3 is 8.83 Å². The molecule has 0 saturated carbocycles. The molecule has 0 aliphatic heterocycles. The Balaban J connectivity index is 1.06. The van der Waals surface area contributed by atoms with E-state index in [0.717, 1.165) is 71.9 Å². The average Bonchev–Trinajstić information content (AvgIpc) is 4.06. The van der Waals surface area contributed by atoms with Crippen molar-refractivity contribution >= 4 is 43.8 Å². The van der Waals surface area contributed by atoms with Crippen LogP contribution in [0.4, 0.5) is 0 Å². The third-order valence-corrected chi connectivity index (χ3v) is 12.8. The number of hydrogen-bond acceptors (Lipinski definition) is 5. The Hall–Kier alpha value is -8.41. The summed E-state index contributed by atoms with van der Waals surface area (Å²) in [6.07, 6.45) is 0. The Morgan fingerprint density at radius 3 is 1.73 bits per heavy atom. The second-order valence-electron chi connectivity index (χ2n) is 16.2. The van der Waals surface area contributed by atoms with Gasteiger partial charge in [0, 0.05) is 27.6 Å². The van der Waals surface area contributed by atoms with Crippen LogP contribution in [-0.2, 0) is 5.41 Å². The molecule has 0 radical (unpaired) electrons. The highest BCUT2D eigenvalue weighted by atomic mass is 16.4. The summed E-state index contributed by atoms with van der Waals surface area (Å²) < 4.78 is 13.1. The van der Waals surface area contributed by atoms with Gasteiger partial charge in [0.2, 0.25) is 5.89 Å². The molecule has 13 rings (SSSR count). The van der Waals surface area contributed by atoms with Gasteiger partial charge in [-0.05, 0) is 86.6 Å². The van der Waals surface area contributed by atoms with Gasteiger partial charge in [-0.2, -0.15) is 0 Å². The summed E-state index contributed by atoms with van der Waals surface area (Å²) in [7, 11) is 0. The SMILES string of the molecule is c1ccc(-c2cc(-c3cccc4c3-c3ccccc3C4(c3ccccc3)c3ccccc3)nc(-c3cccc4c3ccc3oc5ccc6nc(-c7ccccc7)oc6c5c34)n2)cc1. The number of nitrogens with zero attached hydrogens (tertiary/aromatic N) is 3. The number of oxazole rings is 1. The summed E-state index contributed by atoms with van der Waals surface area (Å²) >= 11 is 0. The molecule has 0 amide bonds. The first-order chi connectivity index (χ1) is 31.2. The molecule has 1 aliphatic carbocycles. The first-order valence-corrected chi connectivity index (χ1v) is 21.3. The first-order valence-electron chi connectivity index (χ1n) is 21.3. The number of benzene rings is 9. The molecule has 1 aliphatic rings. The third-order valence-electron chi connectivity index (χ3n) is 12.8. The zero-order valence-corrected chi connectivity index (χ0v) is 33.9. The van der Waals surface area contributed by atoms with Crippen molar-refractivity contribution in [3.63, 3.8) is 0 Å². The molecule has 0 unspecified atom stereocenters. The van der Waals surface area contributed by atoms with Gasteiger partial charge >= 0.3 is 0 Å². The van der Waals surface area contributed by atoms with E-state index in [-0.39, 0.29) is 0 Å². The van der Waals surface area contributed by atoms with Crippen LogP contribution in [0.15, 0.2) is 221 Å². The number of fused-ring (bicyclic) bond motifs is 10. The zero-order chi connectivity index (χ0) is 41.5. The predicted molar refractivity (Wildman–Crippen MR) is 253 cm³/mol. The molecule has 5 nitrogen and oxygen atoms in total. The van der Waals surface area contributed by atoms with Crippen LogP contribution in [0.2, 0.25) is 0 Å². The summed E-state index contributed by atoms with van der Waals surface area (Å²) in [4.78, 5) is 15.8. The molecule has 0 spiro atoms. The largest absolute Gasteiger partial charge is 0.456 e. The molecule has 3 heterocycles. The Kier molecular flexibility index (Phi) is 7.75. The summed E-state index contributed by atoms with van der Waals surface area (Å²) in [6, 6.07) is 74.5. The standard InChI is InChI=1S/C58H35N3O2/c1-5-17-36(18-6-1)48-35-49(44-28-16-30-46-52(44)43-25-13-14-29-45(43)58(46,38-21-9-3-10-22-38)39-23-11-4-12-24-39)60-56(59-48)42-27-15-26-41-40(42)31-33-50-53(41)54-51(62-50)34-32-47-55(54)63-57(61-47)37-19-7-2-8-20-37/h1-35H. The van der Waals surface area contributed by atoms with E-state index in [9.17, 15) is 0 Å². The van der Waals surface area contributed by atoms with E-state index in [1.807, 2.05) is 48.5 Å². The first kappa shape index (κ1) is 35.4. The number of rotatable bonds is 6. The topological polar surface area (TPSA) is 65.0 Å². The summed E-state index contributed by atoms with van der Waals surface area (Å²) in [5.74, 6) is 1.22. The molecule has 0 saturated heterocycles. The normalized spacial score (nSPS) is 12.9. The van der Waals surface area contributed by atoms with E-state index >= 15 is 0 Å². The van der Waals surface area contributed by atoms with Crippen LogP contribution in [0.25, 0.3) is 100 Å². The Morgan fingerprint density at radius 2 is 0.968 bits per heavy atom. The lowest BCUT2D eigenvalue weighted by atomic mass is 9.67. The van der Waals surface area contributed by atoms with Crippen LogP contribution in [0, 0.1) is 0 Å². The van der Waals surface area contributed by atoms with Gasteiger partial charge in [0.15, 0.2) is 11.4 Å². The second-order valence-corrected chi connectivity index (χ2v) is 16.2. The van der Waals surface area contributed by atoms with Gasteiger partial charge in [-0.15, -0.1) is 0 Å². The highest BCUT2D eigenvalue weighted by molar-refractivity contribution is 6.26. The maximum absolute atomic E-state index is 6.56. The minimum atomic E-state index is -0.534. The third kappa shape index (κ3) is 5.27. The Labute approximate surface area is 362 Å². The van der Waals surface area contributed by atoms with E-state index in [1.54, 1.807) is 0 Å². The molecule has 0 bridgehead atoms. The molecule has 294 valence electrons. The quantitative estimate of drug-likeness (QED) is 0.167. The molecular formula is C58H35N3O2.